The number of esters is 1. The Bertz CT molecular complexity index is 1170. The Labute approximate surface area is 191 Å². The van der Waals surface area contributed by atoms with E-state index in [9.17, 15) is 27.6 Å². The van der Waals surface area contributed by atoms with Crippen molar-refractivity contribution in [3.63, 3.8) is 0 Å². The largest absolute Gasteiger partial charge is 0.462 e. The van der Waals surface area contributed by atoms with E-state index in [1.54, 1.807) is 12.1 Å². The lowest BCUT2D eigenvalue weighted by Gasteiger charge is -2.23. The average molecular weight is 479 g/mol. The molecule has 1 saturated heterocycles. The van der Waals surface area contributed by atoms with Crippen molar-refractivity contribution in [3.05, 3.63) is 58.6 Å². The van der Waals surface area contributed by atoms with E-state index in [4.69, 9.17) is 16.3 Å². The van der Waals surface area contributed by atoms with Gasteiger partial charge in [0.15, 0.2) is 0 Å². The molecule has 1 heterocycles. The molecule has 0 unspecified atom stereocenters. The second-order valence-corrected chi connectivity index (χ2v) is 9.05. The number of carbonyl (C=O) groups excluding carboxylic acids is 3. The maximum atomic E-state index is 13.0. The number of benzene rings is 2. The molecule has 2 bridgehead atoms. The number of carbonyl (C=O) groups is 3. The number of hydrogen-bond donors (Lipinski definition) is 2. The summed E-state index contributed by atoms with van der Waals surface area (Å²) >= 11 is 5.95. The van der Waals surface area contributed by atoms with Crippen molar-refractivity contribution >= 4 is 40.8 Å². The Morgan fingerprint density at radius 2 is 1.85 bits per heavy atom. The number of anilines is 2. The first-order chi connectivity index (χ1) is 15.6. The van der Waals surface area contributed by atoms with Crippen LogP contribution in [-0.4, -0.2) is 23.9 Å². The lowest BCUT2D eigenvalue weighted by Crippen LogP contribution is -2.35. The third-order valence-electron chi connectivity index (χ3n) is 6.72. The molecular weight excluding hydrogens is 461 g/mol. The van der Waals surface area contributed by atoms with E-state index in [1.165, 1.54) is 12.1 Å². The quantitative estimate of drug-likeness (QED) is 0.621. The predicted molar refractivity (Wildman–Crippen MR) is 113 cm³/mol. The van der Waals surface area contributed by atoms with Gasteiger partial charge in [0.1, 0.15) is 6.10 Å². The summed E-state index contributed by atoms with van der Waals surface area (Å²) in [6.07, 6.45) is -3.18. The van der Waals surface area contributed by atoms with Gasteiger partial charge in [-0.3, -0.25) is 14.4 Å². The second-order valence-electron chi connectivity index (χ2n) is 8.64. The molecule has 2 amide bonds. The number of hydrogen-bond acceptors (Lipinski definition) is 4. The first kappa shape index (κ1) is 21.8. The molecule has 2 aromatic carbocycles. The second kappa shape index (κ2) is 7.76. The Morgan fingerprint density at radius 1 is 1.06 bits per heavy atom. The van der Waals surface area contributed by atoms with Gasteiger partial charge < -0.3 is 15.4 Å². The molecule has 2 saturated carbocycles. The minimum Gasteiger partial charge on any atom is -0.462 e. The number of rotatable bonds is 4. The number of halogens is 4. The highest BCUT2D eigenvalue weighted by Gasteiger charge is 2.63. The summed E-state index contributed by atoms with van der Waals surface area (Å²) in [7, 11) is 0. The summed E-state index contributed by atoms with van der Waals surface area (Å²) in [5.41, 5.74) is -0.660. The first-order valence-electron chi connectivity index (χ1n) is 10.4. The molecule has 3 fully saturated rings. The van der Waals surface area contributed by atoms with E-state index in [-0.39, 0.29) is 46.1 Å². The Balaban J connectivity index is 1.30. The predicted octanol–water partition coefficient (Wildman–Crippen LogP) is 4.75. The highest BCUT2D eigenvalue weighted by atomic mass is 35.5. The fourth-order valence-electron chi connectivity index (χ4n) is 5.32. The molecule has 10 heteroatoms. The van der Waals surface area contributed by atoms with Crippen LogP contribution in [-0.2, 0) is 20.5 Å². The van der Waals surface area contributed by atoms with E-state index < -0.39 is 29.5 Å². The summed E-state index contributed by atoms with van der Waals surface area (Å²) in [5.74, 6) is -2.03. The highest BCUT2D eigenvalue weighted by Crippen LogP contribution is 2.57. The number of ether oxygens (including phenoxy) is 1. The van der Waals surface area contributed by atoms with Gasteiger partial charge in [0, 0.05) is 17.2 Å². The molecule has 2 aliphatic carbocycles. The molecule has 33 heavy (non-hydrogen) atoms. The van der Waals surface area contributed by atoms with Crippen LogP contribution in [0.3, 0.4) is 0 Å². The molecular formula is C23H18ClF3N2O4. The molecule has 3 aliphatic rings. The van der Waals surface area contributed by atoms with Crippen LogP contribution in [0.4, 0.5) is 24.5 Å². The number of fused-ring (bicyclic) bond motifs is 1. The van der Waals surface area contributed by atoms with Crippen LogP contribution >= 0.6 is 11.6 Å². The molecule has 0 aromatic heterocycles. The zero-order valence-electron chi connectivity index (χ0n) is 17.0. The van der Waals surface area contributed by atoms with E-state index >= 15 is 0 Å². The fourth-order valence-corrected chi connectivity index (χ4v) is 5.48. The van der Waals surface area contributed by atoms with Crippen LogP contribution in [0.2, 0.25) is 5.02 Å². The van der Waals surface area contributed by atoms with Crippen LogP contribution in [0.1, 0.15) is 28.8 Å². The molecule has 2 aromatic rings. The molecule has 2 N–H and O–H groups in total. The molecule has 5 rings (SSSR count). The maximum Gasteiger partial charge on any atom is 0.416 e. The SMILES string of the molecule is O=C(Nc1cc(C(F)(F)F)ccc1Cl)c1cccc(NC(=O)[C@@H]2[C@@H]3C[C@@H]4[C@@H]2C(=O)O[C@H]4C3)c1. The van der Waals surface area contributed by atoms with Gasteiger partial charge in [0.05, 0.1) is 28.1 Å². The monoisotopic (exact) mass is 478 g/mol. The maximum absolute atomic E-state index is 13.0. The molecule has 172 valence electrons. The van der Waals surface area contributed by atoms with Gasteiger partial charge >= 0.3 is 12.1 Å². The number of amides is 2. The molecule has 0 radical (unpaired) electrons. The third-order valence-corrected chi connectivity index (χ3v) is 7.05. The Kier molecular flexibility index (Phi) is 5.12. The van der Waals surface area contributed by atoms with Crippen LogP contribution < -0.4 is 10.6 Å². The van der Waals surface area contributed by atoms with Gasteiger partial charge in [-0.1, -0.05) is 17.7 Å². The molecule has 5 atom stereocenters. The van der Waals surface area contributed by atoms with Crippen molar-refractivity contribution in [2.24, 2.45) is 23.7 Å². The van der Waals surface area contributed by atoms with Crippen molar-refractivity contribution in [1.29, 1.82) is 0 Å². The van der Waals surface area contributed by atoms with E-state index in [0.29, 0.717) is 12.1 Å². The fraction of sp³-hybridized carbons (Fsp3) is 0.348. The van der Waals surface area contributed by atoms with E-state index in [2.05, 4.69) is 10.6 Å². The van der Waals surface area contributed by atoms with Gasteiger partial charge in [-0.2, -0.15) is 13.2 Å². The standard InChI is InChI=1S/C23H18ClF3N2O4/c24-15-5-4-12(23(25,26)27)9-16(15)29-20(30)10-2-1-3-13(6-10)28-21(31)18-11-7-14-17(8-11)33-22(32)19(14)18/h1-6,9,11,14,17-19H,7-8H2,(H,28,31)(H,29,30)/t11-,14+,17+,18-,19+/m1/s1. The average Bonchev–Trinajstić information content (AvgIpc) is 3.37. The minimum absolute atomic E-state index is 0.0427. The molecule has 6 nitrogen and oxygen atoms in total. The van der Waals surface area contributed by atoms with Crippen molar-refractivity contribution in [3.8, 4) is 0 Å². The van der Waals surface area contributed by atoms with Gasteiger partial charge in [0.2, 0.25) is 5.91 Å². The zero-order valence-corrected chi connectivity index (χ0v) is 17.7. The normalized spacial score (nSPS) is 27.4. The van der Waals surface area contributed by atoms with Crippen molar-refractivity contribution in [2.75, 3.05) is 10.6 Å². The molecule has 1 aliphatic heterocycles. The lowest BCUT2D eigenvalue weighted by molar-refractivity contribution is -0.145. The van der Waals surface area contributed by atoms with Crippen LogP contribution in [0.15, 0.2) is 42.5 Å². The minimum atomic E-state index is -4.58. The van der Waals surface area contributed by atoms with E-state index in [1.807, 2.05) is 0 Å². The van der Waals surface area contributed by atoms with Crippen LogP contribution in [0.5, 0.6) is 0 Å². The van der Waals surface area contributed by atoms with Crippen LogP contribution in [0, 0.1) is 23.7 Å². The smallest absolute Gasteiger partial charge is 0.416 e. The Morgan fingerprint density at radius 3 is 2.61 bits per heavy atom. The van der Waals surface area contributed by atoms with Crippen molar-refractivity contribution < 1.29 is 32.3 Å². The summed E-state index contributed by atoms with van der Waals surface area (Å²) in [6.45, 7) is 0. The van der Waals surface area contributed by atoms with Crippen LogP contribution in [0.25, 0.3) is 0 Å². The van der Waals surface area contributed by atoms with Crippen molar-refractivity contribution in [1.82, 2.24) is 0 Å². The first-order valence-corrected chi connectivity index (χ1v) is 10.8. The van der Waals surface area contributed by atoms with Gasteiger partial charge in [-0.05, 0) is 55.2 Å². The topological polar surface area (TPSA) is 84.5 Å². The zero-order chi connectivity index (χ0) is 23.5. The summed E-state index contributed by atoms with van der Waals surface area (Å²) < 4.78 is 44.3. The van der Waals surface area contributed by atoms with Crippen molar-refractivity contribution in [2.45, 2.75) is 25.1 Å². The summed E-state index contributed by atoms with van der Waals surface area (Å²) in [4.78, 5) is 37.7. The summed E-state index contributed by atoms with van der Waals surface area (Å²) in [5, 5.41) is 5.11. The summed E-state index contributed by atoms with van der Waals surface area (Å²) in [6, 6.07) is 8.65. The van der Waals surface area contributed by atoms with Gasteiger partial charge in [-0.15, -0.1) is 0 Å². The number of nitrogens with one attached hydrogen (secondary N) is 2. The third kappa shape index (κ3) is 3.84. The Hall–Kier alpha value is -3.07. The molecule has 0 spiro atoms. The van der Waals surface area contributed by atoms with Gasteiger partial charge in [0.25, 0.3) is 5.91 Å². The number of alkyl halides is 3. The van der Waals surface area contributed by atoms with E-state index in [0.717, 1.165) is 24.6 Å². The lowest BCUT2D eigenvalue weighted by atomic mass is 9.79. The highest BCUT2D eigenvalue weighted by molar-refractivity contribution is 6.34. The van der Waals surface area contributed by atoms with Gasteiger partial charge in [-0.25, -0.2) is 0 Å².